The van der Waals surface area contributed by atoms with Crippen molar-refractivity contribution < 1.29 is 4.42 Å². The number of hydrogen-bond acceptors (Lipinski definition) is 2. The Morgan fingerprint density at radius 3 is 2.74 bits per heavy atom. The van der Waals surface area contributed by atoms with Crippen molar-refractivity contribution in [2.75, 3.05) is 7.05 Å². The van der Waals surface area contributed by atoms with Gasteiger partial charge in [-0.3, -0.25) is 0 Å². The molecule has 19 heavy (non-hydrogen) atoms. The number of para-hydroxylation sites is 1. The zero-order valence-corrected chi connectivity index (χ0v) is 11.4. The zero-order valence-electron chi connectivity index (χ0n) is 10.6. The fraction of sp³-hybridized carbons (Fsp3) is 0.125. The maximum Gasteiger partial charge on any atom is 0.135 e. The average molecular weight is 272 g/mol. The third-order valence-electron chi connectivity index (χ3n) is 3.12. The number of halogens is 1. The summed E-state index contributed by atoms with van der Waals surface area (Å²) in [6.07, 6.45) is 0. The van der Waals surface area contributed by atoms with E-state index in [4.69, 9.17) is 16.0 Å². The van der Waals surface area contributed by atoms with Crippen LogP contribution in [0, 0.1) is 0 Å². The highest BCUT2D eigenvalue weighted by molar-refractivity contribution is 6.31. The van der Waals surface area contributed by atoms with E-state index in [9.17, 15) is 0 Å². The highest BCUT2D eigenvalue weighted by Crippen LogP contribution is 2.30. The molecule has 0 saturated heterocycles. The Morgan fingerprint density at radius 2 is 1.95 bits per heavy atom. The summed E-state index contributed by atoms with van der Waals surface area (Å²) < 4.78 is 5.86. The number of hydrogen-bond donors (Lipinski definition) is 1. The van der Waals surface area contributed by atoms with Crippen molar-refractivity contribution in [2.24, 2.45) is 0 Å². The molecule has 2 aromatic carbocycles. The molecule has 0 fully saturated rings. The molecule has 96 valence electrons. The molecule has 3 aromatic rings. The van der Waals surface area contributed by atoms with Gasteiger partial charge in [0.2, 0.25) is 0 Å². The molecule has 0 aliphatic carbocycles. The van der Waals surface area contributed by atoms with Crippen LogP contribution >= 0.6 is 11.6 Å². The smallest absolute Gasteiger partial charge is 0.135 e. The first-order valence-electron chi connectivity index (χ1n) is 6.20. The number of benzene rings is 2. The monoisotopic (exact) mass is 271 g/mol. The first kappa shape index (κ1) is 12.3. The van der Waals surface area contributed by atoms with Crippen molar-refractivity contribution in [1.82, 2.24) is 5.32 Å². The van der Waals surface area contributed by atoms with Crippen molar-refractivity contribution >= 4 is 22.6 Å². The van der Waals surface area contributed by atoms with E-state index in [0.717, 1.165) is 39.4 Å². The Hall–Kier alpha value is -1.77. The largest absolute Gasteiger partial charge is 0.456 e. The molecule has 0 bridgehead atoms. The lowest BCUT2D eigenvalue weighted by Crippen LogP contribution is -2.05. The maximum atomic E-state index is 6.17. The van der Waals surface area contributed by atoms with Gasteiger partial charge in [-0.1, -0.05) is 29.8 Å². The van der Waals surface area contributed by atoms with Gasteiger partial charge in [0.05, 0.1) is 0 Å². The summed E-state index contributed by atoms with van der Waals surface area (Å²) in [4.78, 5) is 0. The van der Waals surface area contributed by atoms with Crippen LogP contribution in [0.2, 0.25) is 5.02 Å². The van der Waals surface area contributed by atoms with E-state index in [2.05, 4.69) is 17.4 Å². The van der Waals surface area contributed by atoms with Gasteiger partial charge in [0, 0.05) is 22.5 Å². The fourth-order valence-electron chi connectivity index (χ4n) is 2.18. The lowest BCUT2D eigenvalue weighted by molar-refractivity contribution is 0.631. The first-order chi connectivity index (χ1) is 9.28. The van der Waals surface area contributed by atoms with E-state index >= 15 is 0 Å². The van der Waals surface area contributed by atoms with Crippen LogP contribution in [0.4, 0.5) is 0 Å². The lowest BCUT2D eigenvalue weighted by Gasteiger charge is -2.05. The maximum absolute atomic E-state index is 6.17. The van der Waals surface area contributed by atoms with Crippen LogP contribution in [0.25, 0.3) is 22.3 Å². The van der Waals surface area contributed by atoms with Crippen molar-refractivity contribution in [2.45, 2.75) is 6.54 Å². The van der Waals surface area contributed by atoms with Gasteiger partial charge in [-0.25, -0.2) is 0 Å². The molecule has 1 N–H and O–H groups in total. The summed E-state index contributed by atoms with van der Waals surface area (Å²) in [6.45, 7) is 0.743. The molecule has 3 rings (SSSR count). The standard InChI is InChI=1S/C16H14ClNO/c1-18-10-13-8-12(6-7-14(13)17)16-9-11-4-2-3-5-15(11)19-16/h2-9,18H,10H2,1H3. The predicted molar refractivity (Wildman–Crippen MR) is 79.4 cm³/mol. The zero-order chi connectivity index (χ0) is 13.2. The Labute approximate surface area is 117 Å². The second kappa shape index (κ2) is 5.08. The molecule has 0 unspecified atom stereocenters. The number of furan rings is 1. The normalized spacial score (nSPS) is 11.1. The Balaban J connectivity index is 2.08. The van der Waals surface area contributed by atoms with Gasteiger partial charge < -0.3 is 9.73 Å². The molecule has 0 radical (unpaired) electrons. The molecule has 1 aromatic heterocycles. The van der Waals surface area contributed by atoms with E-state index < -0.39 is 0 Å². The van der Waals surface area contributed by atoms with Crippen LogP contribution in [0.5, 0.6) is 0 Å². The Bertz CT molecular complexity index is 685. The van der Waals surface area contributed by atoms with Crippen LogP contribution in [0.1, 0.15) is 5.56 Å². The summed E-state index contributed by atoms with van der Waals surface area (Å²) in [5.41, 5.74) is 3.02. The molecule has 0 saturated carbocycles. The van der Waals surface area contributed by atoms with Gasteiger partial charge in [-0.05, 0) is 42.9 Å². The van der Waals surface area contributed by atoms with Gasteiger partial charge >= 0.3 is 0 Å². The molecule has 0 spiro atoms. The van der Waals surface area contributed by atoms with Gasteiger partial charge in [-0.2, -0.15) is 0 Å². The molecule has 0 amide bonds. The third-order valence-corrected chi connectivity index (χ3v) is 3.49. The Kier molecular flexibility index (Phi) is 3.28. The summed E-state index contributed by atoms with van der Waals surface area (Å²) in [5, 5.41) is 5.00. The fourth-order valence-corrected chi connectivity index (χ4v) is 2.36. The molecular weight excluding hydrogens is 258 g/mol. The topological polar surface area (TPSA) is 25.2 Å². The highest BCUT2D eigenvalue weighted by Gasteiger charge is 2.08. The highest BCUT2D eigenvalue weighted by atomic mass is 35.5. The van der Waals surface area contributed by atoms with E-state index in [1.165, 1.54) is 0 Å². The SMILES string of the molecule is CNCc1cc(-c2cc3ccccc3o2)ccc1Cl. The van der Waals surface area contributed by atoms with Gasteiger partial charge in [0.25, 0.3) is 0 Å². The second-order valence-corrected chi connectivity index (χ2v) is 4.89. The minimum atomic E-state index is 0.743. The van der Waals surface area contributed by atoms with Crippen molar-refractivity contribution in [3.8, 4) is 11.3 Å². The Morgan fingerprint density at radius 1 is 1.11 bits per heavy atom. The molecule has 0 aliphatic rings. The third kappa shape index (κ3) is 2.37. The average Bonchev–Trinajstić information content (AvgIpc) is 2.85. The molecule has 2 nitrogen and oxygen atoms in total. The van der Waals surface area contributed by atoms with Crippen molar-refractivity contribution in [3.63, 3.8) is 0 Å². The predicted octanol–water partition coefficient (Wildman–Crippen LogP) is 4.47. The van der Waals surface area contributed by atoms with E-state index in [0.29, 0.717) is 0 Å². The van der Waals surface area contributed by atoms with E-state index in [1.54, 1.807) is 0 Å². The molecular formula is C16H14ClNO. The molecule has 3 heteroatoms. The van der Waals surface area contributed by atoms with Gasteiger partial charge in [0.15, 0.2) is 0 Å². The minimum Gasteiger partial charge on any atom is -0.456 e. The minimum absolute atomic E-state index is 0.743. The van der Waals surface area contributed by atoms with Gasteiger partial charge in [0.1, 0.15) is 11.3 Å². The van der Waals surface area contributed by atoms with Crippen LogP contribution < -0.4 is 5.32 Å². The van der Waals surface area contributed by atoms with Crippen molar-refractivity contribution in [1.29, 1.82) is 0 Å². The van der Waals surface area contributed by atoms with E-state index in [1.807, 2.05) is 43.4 Å². The van der Waals surface area contributed by atoms with Crippen LogP contribution in [-0.2, 0) is 6.54 Å². The van der Waals surface area contributed by atoms with Crippen LogP contribution in [0.3, 0.4) is 0 Å². The number of rotatable bonds is 3. The molecule has 0 aliphatic heterocycles. The van der Waals surface area contributed by atoms with Gasteiger partial charge in [-0.15, -0.1) is 0 Å². The summed E-state index contributed by atoms with van der Waals surface area (Å²) in [6, 6.07) is 16.0. The molecule has 0 atom stereocenters. The summed E-state index contributed by atoms with van der Waals surface area (Å²) in [5.74, 6) is 0.871. The molecule has 1 heterocycles. The lowest BCUT2D eigenvalue weighted by atomic mass is 10.1. The number of fused-ring (bicyclic) bond motifs is 1. The number of nitrogens with one attached hydrogen (secondary N) is 1. The van der Waals surface area contributed by atoms with E-state index in [-0.39, 0.29) is 0 Å². The van der Waals surface area contributed by atoms with Crippen molar-refractivity contribution in [3.05, 3.63) is 59.1 Å². The van der Waals surface area contributed by atoms with Crippen LogP contribution in [0.15, 0.2) is 52.9 Å². The second-order valence-electron chi connectivity index (χ2n) is 4.48. The summed E-state index contributed by atoms with van der Waals surface area (Å²) >= 11 is 6.17. The quantitative estimate of drug-likeness (QED) is 0.760. The van der Waals surface area contributed by atoms with Crippen LogP contribution in [-0.4, -0.2) is 7.05 Å². The summed E-state index contributed by atoms with van der Waals surface area (Å²) in [7, 11) is 1.91. The first-order valence-corrected chi connectivity index (χ1v) is 6.58.